The van der Waals surface area contributed by atoms with Crippen LogP contribution in [0, 0.1) is 0 Å². The van der Waals surface area contributed by atoms with E-state index in [9.17, 15) is 28.8 Å². The molecule has 6 heterocycles. The number of imide groups is 2. The molecule has 0 radical (unpaired) electrons. The Morgan fingerprint density at radius 3 is 2.42 bits per heavy atom. The van der Waals surface area contributed by atoms with E-state index in [4.69, 9.17) is 15.6 Å². The Labute approximate surface area is 391 Å². The Kier molecular flexibility index (Phi) is 13.7. The van der Waals surface area contributed by atoms with Gasteiger partial charge in [0, 0.05) is 75.2 Å². The van der Waals surface area contributed by atoms with Crippen molar-refractivity contribution in [2.24, 2.45) is 0 Å². The number of likely N-dealkylation sites (tertiary alicyclic amines) is 1. The molecule has 0 spiro atoms. The van der Waals surface area contributed by atoms with Gasteiger partial charge in [0.1, 0.15) is 35.4 Å². The average molecular weight is 925 g/mol. The van der Waals surface area contributed by atoms with E-state index >= 15 is 0 Å². The lowest BCUT2D eigenvalue weighted by atomic mass is 10.0. The number of anilines is 1. The summed E-state index contributed by atoms with van der Waals surface area (Å²) in [6, 6.07) is 21.3. The second-order valence-electron chi connectivity index (χ2n) is 17.1. The summed E-state index contributed by atoms with van der Waals surface area (Å²) < 4.78 is 7.89. The summed E-state index contributed by atoms with van der Waals surface area (Å²) in [7, 11) is 0. The van der Waals surface area contributed by atoms with E-state index in [1.165, 1.54) is 18.1 Å². The molecule has 2 unspecified atom stereocenters. The second-order valence-corrected chi connectivity index (χ2v) is 18.3. The largest absolute Gasteiger partial charge is 0.457 e. The van der Waals surface area contributed by atoms with Crippen LogP contribution < -0.4 is 15.8 Å². The van der Waals surface area contributed by atoms with Crippen molar-refractivity contribution in [3.63, 3.8) is 0 Å². The fourth-order valence-electron chi connectivity index (χ4n) is 9.20. The van der Waals surface area contributed by atoms with Crippen molar-refractivity contribution in [2.45, 2.75) is 68.3 Å². The highest BCUT2D eigenvalue weighted by Gasteiger charge is 2.45. The molecule has 2 atom stereocenters. The highest BCUT2D eigenvalue weighted by Crippen LogP contribution is 2.37. The van der Waals surface area contributed by atoms with Gasteiger partial charge in [0.15, 0.2) is 5.65 Å². The van der Waals surface area contributed by atoms with Gasteiger partial charge in [-0.2, -0.15) is 5.10 Å². The Morgan fingerprint density at radius 1 is 0.836 bits per heavy atom. The third-order valence-corrected chi connectivity index (χ3v) is 13.9. The van der Waals surface area contributed by atoms with Crippen molar-refractivity contribution in [3.8, 4) is 22.8 Å². The Balaban J connectivity index is 0.701. The van der Waals surface area contributed by atoms with Gasteiger partial charge in [-0.25, -0.2) is 14.6 Å². The number of benzene rings is 3. The Morgan fingerprint density at radius 2 is 1.63 bits per heavy atom. The van der Waals surface area contributed by atoms with Crippen molar-refractivity contribution in [1.82, 2.24) is 44.7 Å². The number of hydrogen-bond donors (Lipinski definition) is 2. The summed E-state index contributed by atoms with van der Waals surface area (Å²) in [5.74, 6) is 0.506. The fraction of sp³-hybridized carbons (Fsp3) is 0.367. The minimum atomic E-state index is -1.00. The number of hydrogen-bond acceptors (Lipinski definition) is 13. The van der Waals surface area contributed by atoms with Gasteiger partial charge in [0.25, 0.3) is 11.8 Å². The number of carbonyl (C=O) groups excluding carboxylic acids is 6. The van der Waals surface area contributed by atoms with Crippen LogP contribution in [0.5, 0.6) is 11.5 Å². The number of rotatable bonds is 15. The number of thioether (sulfide) groups is 1. The maximum Gasteiger partial charge on any atom is 0.263 e. The van der Waals surface area contributed by atoms with Gasteiger partial charge < -0.3 is 20.3 Å². The van der Waals surface area contributed by atoms with Crippen molar-refractivity contribution >= 4 is 64.1 Å². The smallest absolute Gasteiger partial charge is 0.263 e. The predicted molar refractivity (Wildman–Crippen MR) is 251 cm³/mol. The topological polar surface area (TPSA) is 206 Å². The van der Waals surface area contributed by atoms with Crippen LogP contribution in [0.3, 0.4) is 0 Å². The maximum atomic E-state index is 13.5. The lowest BCUT2D eigenvalue weighted by Gasteiger charge is -2.34. The number of amides is 6. The van der Waals surface area contributed by atoms with Crippen LogP contribution in [0.15, 0.2) is 96.2 Å². The molecule has 6 amide bonds. The van der Waals surface area contributed by atoms with Gasteiger partial charge in [-0.15, -0.1) is 11.8 Å². The molecule has 0 bridgehead atoms. The van der Waals surface area contributed by atoms with Gasteiger partial charge in [-0.1, -0.05) is 36.8 Å². The lowest BCUT2D eigenvalue weighted by Crippen LogP contribution is -2.54. The molecule has 3 saturated heterocycles. The number of ether oxygens (including phenoxy) is 1. The third kappa shape index (κ3) is 9.95. The molecular formula is C49H52N10O7S. The number of unbranched alkanes of at least 4 members (excludes halogenated alkanes) is 2. The van der Waals surface area contributed by atoms with Crippen molar-refractivity contribution in [2.75, 3.05) is 57.3 Å². The summed E-state index contributed by atoms with van der Waals surface area (Å²) in [4.78, 5) is 93.8. The first-order valence-corrected chi connectivity index (χ1v) is 23.9. The van der Waals surface area contributed by atoms with E-state index in [0.29, 0.717) is 83.7 Å². The zero-order valence-corrected chi connectivity index (χ0v) is 37.9. The summed E-state index contributed by atoms with van der Waals surface area (Å²) in [6.07, 6.45) is 9.70. The van der Waals surface area contributed by atoms with Crippen LogP contribution in [0.25, 0.3) is 22.3 Å². The van der Waals surface area contributed by atoms with Crippen molar-refractivity contribution < 1.29 is 33.5 Å². The Hall–Kier alpha value is -6.92. The van der Waals surface area contributed by atoms with Crippen LogP contribution in [0.1, 0.15) is 78.1 Å². The molecule has 3 aromatic carbocycles. The minimum Gasteiger partial charge on any atom is -0.457 e. The molecule has 4 aliphatic rings. The van der Waals surface area contributed by atoms with Gasteiger partial charge in [-0.3, -0.25) is 43.9 Å². The quantitative estimate of drug-likeness (QED) is 0.0578. The summed E-state index contributed by atoms with van der Waals surface area (Å²) in [5.41, 5.74) is 9.15. The van der Waals surface area contributed by atoms with Crippen molar-refractivity contribution in [3.05, 3.63) is 102 Å². The number of fused-ring (bicyclic) bond motifs is 2. The third-order valence-electron chi connectivity index (χ3n) is 12.8. The molecule has 5 aromatic rings. The van der Waals surface area contributed by atoms with E-state index in [0.717, 1.165) is 61.4 Å². The molecular weight excluding hydrogens is 873 g/mol. The summed E-state index contributed by atoms with van der Waals surface area (Å²) >= 11 is 1.49. The molecule has 346 valence electrons. The first-order chi connectivity index (χ1) is 32.6. The number of nitrogen functional groups attached to an aromatic ring is 1. The Bertz CT molecular complexity index is 2720. The van der Waals surface area contributed by atoms with Crippen molar-refractivity contribution in [1.29, 1.82) is 0 Å². The molecule has 17 nitrogen and oxygen atoms in total. The van der Waals surface area contributed by atoms with Crippen LogP contribution >= 0.6 is 11.8 Å². The molecule has 18 heteroatoms. The first kappa shape index (κ1) is 45.2. The molecule has 0 aliphatic carbocycles. The SMILES string of the molecule is Nc1ncnc2c1c(-c1ccc(Oc3ccccc3)cc1)nn2C1CCCN(C(=O)/C=C/CN2CCN(C(=O)CCCCCSc3cccc4c3C(=O)N(C3CCC(=O)NC3=O)C4=O)CC2)C1. The number of para-hydroxylation sites is 1. The molecule has 2 aromatic heterocycles. The van der Waals surface area contributed by atoms with Gasteiger partial charge in [0.05, 0.1) is 22.6 Å². The number of aromatic nitrogens is 4. The van der Waals surface area contributed by atoms with E-state index < -0.39 is 29.7 Å². The highest BCUT2D eigenvalue weighted by atomic mass is 32.2. The number of piperidine rings is 2. The van der Waals surface area contributed by atoms with E-state index in [-0.39, 0.29) is 36.3 Å². The molecule has 3 N–H and O–H groups in total. The predicted octanol–water partition coefficient (Wildman–Crippen LogP) is 5.49. The molecule has 9 rings (SSSR count). The first-order valence-electron chi connectivity index (χ1n) is 22.9. The normalized spacial score (nSPS) is 19.1. The van der Waals surface area contributed by atoms with Crippen LogP contribution in [0.4, 0.5) is 5.82 Å². The monoisotopic (exact) mass is 924 g/mol. The van der Waals surface area contributed by atoms with Crippen LogP contribution in [-0.2, 0) is 19.2 Å². The molecule has 3 fully saturated rings. The molecule has 67 heavy (non-hydrogen) atoms. The number of piperazine rings is 1. The van der Waals surface area contributed by atoms with Crippen LogP contribution in [0.2, 0.25) is 0 Å². The van der Waals surface area contributed by atoms with E-state index in [1.54, 1.807) is 18.2 Å². The van der Waals surface area contributed by atoms with Gasteiger partial charge >= 0.3 is 0 Å². The number of nitrogens with zero attached hydrogens (tertiary/aromatic N) is 8. The number of carbonyl (C=O) groups is 6. The van der Waals surface area contributed by atoms with Crippen LogP contribution in [-0.4, -0.2) is 132 Å². The standard InChI is InChI=1S/C49H52N10O7S/c50-45-43-44(32-17-19-35(20-18-32)66-34-11-3-1-4-12-34)54-59(46(43)52-31-51-45)33-10-8-24-57(30-33)41(62)16-9-23-55-25-27-56(28-26-55)40(61)15-5-2-6-29-67-38-14-7-13-36-42(38)49(65)58(48(36)64)37-21-22-39(60)53-47(37)63/h1,3-4,7,9,11-14,16-20,31,33,37H,2,5-6,8,10,15,21-30H2,(H2,50,51,52)(H,53,60,63)/b16-9+. The number of nitrogens with two attached hydrogens (primary N) is 1. The zero-order chi connectivity index (χ0) is 46.4. The van der Waals surface area contributed by atoms with Gasteiger partial charge in [-0.05, 0) is 86.4 Å². The second kappa shape index (κ2) is 20.3. The zero-order valence-electron chi connectivity index (χ0n) is 37.0. The van der Waals surface area contributed by atoms with E-state index in [2.05, 4.69) is 20.2 Å². The molecule has 4 aliphatic heterocycles. The lowest BCUT2D eigenvalue weighted by molar-refractivity contribution is -0.136. The summed E-state index contributed by atoms with van der Waals surface area (Å²) in [5, 5.41) is 7.93. The molecule has 0 saturated carbocycles. The number of nitrogens with one attached hydrogen (secondary N) is 1. The fourth-order valence-corrected chi connectivity index (χ4v) is 10.3. The van der Waals surface area contributed by atoms with E-state index in [1.807, 2.05) is 81.2 Å². The minimum absolute atomic E-state index is 0.0514. The van der Waals surface area contributed by atoms with Gasteiger partial charge in [0.2, 0.25) is 23.6 Å². The maximum absolute atomic E-state index is 13.5. The summed E-state index contributed by atoms with van der Waals surface area (Å²) in [6.45, 7) is 4.45. The average Bonchev–Trinajstić information content (AvgIpc) is 3.86. The highest BCUT2D eigenvalue weighted by molar-refractivity contribution is 7.99.